The Morgan fingerprint density at radius 1 is 1.15 bits per heavy atom. The normalized spacial score (nSPS) is 16.8. The molecule has 1 aliphatic heterocycles. The van der Waals surface area contributed by atoms with Crippen LogP contribution in [0.5, 0.6) is 0 Å². The number of sulfonamides is 1. The van der Waals surface area contributed by atoms with Crippen LogP contribution in [0, 0.1) is 5.92 Å². The highest BCUT2D eigenvalue weighted by atomic mass is 35.5. The van der Waals surface area contributed by atoms with Gasteiger partial charge in [-0.2, -0.15) is 4.31 Å². The molecule has 0 unspecified atom stereocenters. The van der Waals surface area contributed by atoms with Crippen LogP contribution in [0.25, 0.3) is 0 Å². The van der Waals surface area contributed by atoms with Crippen molar-refractivity contribution < 1.29 is 13.2 Å². The maximum atomic E-state index is 12.8. The smallest absolute Gasteiger partial charge is 0.246 e. The number of carbonyl (C=O) groups is 1. The third kappa shape index (κ3) is 5.57. The highest BCUT2D eigenvalue weighted by molar-refractivity contribution is 7.89. The van der Waals surface area contributed by atoms with Crippen LogP contribution in [-0.2, 0) is 14.8 Å². The zero-order valence-electron chi connectivity index (χ0n) is 15.0. The largest absolute Gasteiger partial charge is 0.355 e. The molecule has 1 aromatic rings. The van der Waals surface area contributed by atoms with E-state index in [1.54, 1.807) is 6.07 Å². The van der Waals surface area contributed by atoms with E-state index in [4.69, 9.17) is 23.2 Å². The van der Waals surface area contributed by atoms with Gasteiger partial charge < -0.3 is 5.32 Å². The van der Waals surface area contributed by atoms with Gasteiger partial charge >= 0.3 is 0 Å². The SMILES string of the molecule is CC(C)CCNC(=O)CN1CCN(S(=O)(=O)c2c(Cl)cccc2Cl)CC1. The molecule has 6 nitrogen and oxygen atoms in total. The van der Waals surface area contributed by atoms with E-state index in [1.165, 1.54) is 16.4 Å². The van der Waals surface area contributed by atoms with Gasteiger partial charge in [0.25, 0.3) is 0 Å². The van der Waals surface area contributed by atoms with Crippen LogP contribution in [0.1, 0.15) is 20.3 Å². The predicted molar refractivity (Wildman–Crippen MR) is 104 cm³/mol. The predicted octanol–water partition coefficient (Wildman–Crippen LogP) is 2.46. The number of piperazine rings is 1. The number of rotatable bonds is 7. The molecule has 1 saturated heterocycles. The molecule has 0 aromatic heterocycles. The van der Waals surface area contributed by atoms with E-state index in [1.807, 2.05) is 4.90 Å². The van der Waals surface area contributed by atoms with Gasteiger partial charge in [-0.3, -0.25) is 9.69 Å². The van der Waals surface area contributed by atoms with Gasteiger partial charge in [-0.1, -0.05) is 43.1 Å². The summed E-state index contributed by atoms with van der Waals surface area (Å²) in [5.41, 5.74) is 0. The highest BCUT2D eigenvalue weighted by Gasteiger charge is 2.32. The molecule has 0 atom stereocenters. The second kappa shape index (κ2) is 9.37. The van der Waals surface area contributed by atoms with E-state index in [-0.39, 0.29) is 27.4 Å². The Labute approximate surface area is 165 Å². The molecule has 0 saturated carbocycles. The number of halogens is 2. The zero-order valence-corrected chi connectivity index (χ0v) is 17.4. The lowest BCUT2D eigenvalue weighted by Gasteiger charge is -2.33. The lowest BCUT2D eigenvalue weighted by Crippen LogP contribution is -2.51. The molecular formula is C17H25Cl2N3O3S. The first kappa shape index (κ1) is 21.4. The quantitative estimate of drug-likeness (QED) is 0.733. The van der Waals surface area contributed by atoms with Crippen LogP contribution in [0.15, 0.2) is 23.1 Å². The van der Waals surface area contributed by atoms with Crippen LogP contribution < -0.4 is 5.32 Å². The first-order valence-electron chi connectivity index (χ1n) is 8.65. The van der Waals surface area contributed by atoms with Crippen LogP contribution in [0.3, 0.4) is 0 Å². The van der Waals surface area contributed by atoms with Crippen molar-refractivity contribution in [3.63, 3.8) is 0 Å². The molecule has 1 aliphatic rings. The molecule has 0 aliphatic carbocycles. The topological polar surface area (TPSA) is 69.7 Å². The molecule has 26 heavy (non-hydrogen) atoms. The fourth-order valence-corrected chi connectivity index (χ4v) is 5.26. The molecule has 1 fully saturated rings. The van der Waals surface area contributed by atoms with E-state index >= 15 is 0 Å². The van der Waals surface area contributed by atoms with Gasteiger partial charge in [0.05, 0.1) is 16.6 Å². The number of amides is 1. The third-order valence-electron chi connectivity index (χ3n) is 4.26. The summed E-state index contributed by atoms with van der Waals surface area (Å²) in [4.78, 5) is 13.9. The molecule has 1 N–H and O–H groups in total. The Kier molecular flexibility index (Phi) is 7.73. The summed E-state index contributed by atoms with van der Waals surface area (Å²) in [6, 6.07) is 4.63. The number of hydrogen-bond acceptors (Lipinski definition) is 4. The first-order valence-corrected chi connectivity index (χ1v) is 10.8. The summed E-state index contributed by atoms with van der Waals surface area (Å²) < 4.78 is 27.0. The Morgan fingerprint density at radius 2 is 1.73 bits per heavy atom. The average molecular weight is 422 g/mol. The minimum absolute atomic E-state index is 0.0314. The summed E-state index contributed by atoms with van der Waals surface area (Å²) in [6.07, 6.45) is 0.941. The van der Waals surface area contributed by atoms with Gasteiger partial charge in [0, 0.05) is 32.7 Å². The van der Waals surface area contributed by atoms with Crippen molar-refractivity contribution in [2.75, 3.05) is 39.3 Å². The summed E-state index contributed by atoms with van der Waals surface area (Å²) in [6.45, 7) is 6.72. The molecule has 0 spiro atoms. The van der Waals surface area contributed by atoms with E-state index in [0.29, 0.717) is 38.6 Å². The first-order chi connectivity index (χ1) is 12.2. The minimum atomic E-state index is -3.76. The van der Waals surface area contributed by atoms with Gasteiger partial charge in [0.15, 0.2) is 0 Å². The Bertz CT molecular complexity index is 713. The molecule has 2 rings (SSSR count). The van der Waals surface area contributed by atoms with Gasteiger partial charge in [-0.15, -0.1) is 0 Å². The summed E-state index contributed by atoms with van der Waals surface area (Å²) in [7, 11) is -3.76. The maximum Gasteiger partial charge on any atom is 0.246 e. The fourth-order valence-electron chi connectivity index (χ4n) is 2.75. The van der Waals surface area contributed by atoms with E-state index in [9.17, 15) is 13.2 Å². The van der Waals surface area contributed by atoms with Crippen LogP contribution >= 0.6 is 23.2 Å². The molecule has 0 radical (unpaired) electrons. The number of hydrogen-bond donors (Lipinski definition) is 1. The lowest BCUT2D eigenvalue weighted by molar-refractivity contribution is -0.122. The minimum Gasteiger partial charge on any atom is -0.355 e. The molecule has 0 bridgehead atoms. The van der Waals surface area contributed by atoms with Crippen LogP contribution in [0.2, 0.25) is 10.0 Å². The number of nitrogens with zero attached hydrogens (tertiary/aromatic N) is 2. The molecule has 1 heterocycles. The van der Waals surface area contributed by atoms with Crippen molar-refractivity contribution in [3.8, 4) is 0 Å². The number of benzene rings is 1. The van der Waals surface area contributed by atoms with Crippen molar-refractivity contribution in [1.82, 2.24) is 14.5 Å². The van der Waals surface area contributed by atoms with Crippen molar-refractivity contribution in [2.45, 2.75) is 25.2 Å². The van der Waals surface area contributed by atoms with Crippen molar-refractivity contribution >= 4 is 39.1 Å². The summed E-state index contributed by atoms with van der Waals surface area (Å²) >= 11 is 12.1. The fraction of sp³-hybridized carbons (Fsp3) is 0.588. The Hall–Kier alpha value is -0.860. The Balaban J connectivity index is 1.91. The summed E-state index contributed by atoms with van der Waals surface area (Å²) in [5.74, 6) is 0.511. The van der Waals surface area contributed by atoms with E-state index < -0.39 is 10.0 Å². The van der Waals surface area contributed by atoms with Crippen LogP contribution in [0.4, 0.5) is 0 Å². The van der Waals surface area contributed by atoms with Crippen molar-refractivity contribution in [3.05, 3.63) is 28.2 Å². The van der Waals surface area contributed by atoms with Crippen molar-refractivity contribution in [1.29, 1.82) is 0 Å². The second-order valence-corrected chi connectivity index (χ2v) is 9.45. The third-order valence-corrected chi connectivity index (χ3v) is 7.11. The van der Waals surface area contributed by atoms with Gasteiger partial charge in [0.2, 0.25) is 15.9 Å². The molecule has 1 aromatic carbocycles. The second-order valence-electron chi connectivity index (χ2n) is 6.76. The maximum absolute atomic E-state index is 12.8. The monoisotopic (exact) mass is 421 g/mol. The molecule has 9 heteroatoms. The average Bonchev–Trinajstić information content (AvgIpc) is 2.54. The standard InChI is InChI=1S/C17H25Cl2N3O3S/c1-13(2)6-7-20-16(23)12-21-8-10-22(11-9-21)26(24,25)17-14(18)4-3-5-15(17)19/h3-5,13H,6-12H2,1-2H3,(H,20,23). The lowest BCUT2D eigenvalue weighted by atomic mass is 10.1. The molecule has 1 amide bonds. The van der Waals surface area contributed by atoms with E-state index in [2.05, 4.69) is 19.2 Å². The van der Waals surface area contributed by atoms with Crippen molar-refractivity contribution in [2.24, 2.45) is 5.92 Å². The molecular weight excluding hydrogens is 397 g/mol. The van der Waals surface area contributed by atoms with E-state index in [0.717, 1.165) is 6.42 Å². The number of carbonyl (C=O) groups excluding carboxylic acids is 1. The van der Waals surface area contributed by atoms with Gasteiger partial charge in [-0.05, 0) is 24.5 Å². The van der Waals surface area contributed by atoms with Gasteiger partial charge in [0.1, 0.15) is 4.90 Å². The zero-order chi connectivity index (χ0) is 19.3. The number of nitrogens with one attached hydrogen (secondary N) is 1. The molecule has 146 valence electrons. The van der Waals surface area contributed by atoms with Gasteiger partial charge in [-0.25, -0.2) is 8.42 Å². The van der Waals surface area contributed by atoms with Crippen LogP contribution in [-0.4, -0.2) is 62.8 Å². The highest BCUT2D eigenvalue weighted by Crippen LogP contribution is 2.31. The Morgan fingerprint density at radius 3 is 2.27 bits per heavy atom. The summed E-state index contributed by atoms with van der Waals surface area (Å²) in [5, 5.41) is 3.13.